The van der Waals surface area contributed by atoms with Gasteiger partial charge in [-0.2, -0.15) is 13.2 Å². The summed E-state index contributed by atoms with van der Waals surface area (Å²) in [5, 5.41) is 5.03. The van der Waals surface area contributed by atoms with Crippen molar-refractivity contribution in [2.45, 2.75) is 39.3 Å². The predicted octanol–water partition coefficient (Wildman–Crippen LogP) is 6.04. The maximum absolute atomic E-state index is 13.0. The number of urea groups is 1. The van der Waals surface area contributed by atoms with Crippen LogP contribution < -0.4 is 10.6 Å². The summed E-state index contributed by atoms with van der Waals surface area (Å²) >= 11 is 0. The van der Waals surface area contributed by atoms with Crippen LogP contribution in [0.15, 0.2) is 42.5 Å². The molecule has 6 heteroatoms. The average molecular weight is 350 g/mol. The summed E-state index contributed by atoms with van der Waals surface area (Å²) in [6, 6.07) is 9.93. The van der Waals surface area contributed by atoms with Gasteiger partial charge in [-0.1, -0.05) is 51.1 Å². The SMILES string of the molecule is CCc1cccc(C(C)C)c1NC(=O)Nc1ccccc1C(F)(F)F. The zero-order valence-corrected chi connectivity index (χ0v) is 14.4. The molecule has 2 rings (SSSR count). The van der Waals surface area contributed by atoms with E-state index >= 15 is 0 Å². The number of hydrogen-bond donors (Lipinski definition) is 2. The normalized spacial score (nSPS) is 11.5. The fraction of sp³-hybridized carbons (Fsp3) is 0.316. The molecule has 2 aromatic carbocycles. The van der Waals surface area contributed by atoms with Crippen LogP contribution in [-0.2, 0) is 12.6 Å². The van der Waals surface area contributed by atoms with Crippen LogP contribution in [0.4, 0.5) is 29.3 Å². The molecule has 0 aliphatic heterocycles. The van der Waals surface area contributed by atoms with E-state index in [0.29, 0.717) is 12.1 Å². The summed E-state index contributed by atoms with van der Waals surface area (Å²) in [5.41, 5.74) is 1.39. The first kappa shape index (κ1) is 18.8. The summed E-state index contributed by atoms with van der Waals surface area (Å²) in [4.78, 5) is 12.3. The van der Waals surface area contributed by atoms with Crippen LogP contribution in [0, 0.1) is 0 Å². The van der Waals surface area contributed by atoms with E-state index in [1.54, 1.807) is 0 Å². The number of para-hydroxylation sites is 2. The average Bonchev–Trinajstić information content (AvgIpc) is 2.54. The lowest BCUT2D eigenvalue weighted by Gasteiger charge is -2.19. The Bertz CT molecular complexity index is 755. The fourth-order valence-corrected chi connectivity index (χ4v) is 2.65. The number of amides is 2. The Morgan fingerprint density at radius 1 is 1.04 bits per heavy atom. The molecule has 134 valence electrons. The summed E-state index contributed by atoms with van der Waals surface area (Å²) < 4.78 is 39.1. The molecule has 0 aliphatic rings. The number of anilines is 2. The number of carbonyl (C=O) groups is 1. The van der Waals surface area contributed by atoms with E-state index in [0.717, 1.165) is 17.2 Å². The third kappa shape index (κ3) is 4.53. The lowest BCUT2D eigenvalue weighted by atomic mass is 9.96. The Labute approximate surface area is 145 Å². The van der Waals surface area contributed by atoms with Gasteiger partial charge in [-0.05, 0) is 35.6 Å². The number of aryl methyl sites for hydroxylation is 1. The zero-order valence-electron chi connectivity index (χ0n) is 14.4. The van der Waals surface area contributed by atoms with Gasteiger partial charge in [0.15, 0.2) is 0 Å². The van der Waals surface area contributed by atoms with Gasteiger partial charge in [0.2, 0.25) is 0 Å². The molecular weight excluding hydrogens is 329 g/mol. The lowest BCUT2D eigenvalue weighted by Crippen LogP contribution is -2.23. The van der Waals surface area contributed by atoms with E-state index in [1.807, 2.05) is 39.0 Å². The monoisotopic (exact) mass is 350 g/mol. The Balaban J connectivity index is 2.28. The molecule has 0 radical (unpaired) electrons. The number of rotatable bonds is 4. The van der Waals surface area contributed by atoms with Gasteiger partial charge >= 0.3 is 12.2 Å². The summed E-state index contributed by atoms with van der Waals surface area (Å²) in [5.74, 6) is 0.171. The van der Waals surface area contributed by atoms with Gasteiger partial charge < -0.3 is 10.6 Å². The highest BCUT2D eigenvalue weighted by atomic mass is 19.4. The van der Waals surface area contributed by atoms with Crippen LogP contribution >= 0.6 is 0 Å². The first-order chi connectivity index (χ1) is 11.7. The molecule has 0 aromatic heterocycles. The third-order valence-electron chi connectivity index (χ3n) is 3.91. The van der Waals surface area contributed by atoms with Crippen molar-refractivity contribution in [2.75, 3.05) is 10.6 Å². The molecule has 0 saturated carbocycles. The van der Waals surface area contributed by atoms with Crippen molar-refractivity contribution < 1.29 is 18.0 Å². The third-order valence-corrected chi connectivity index (χ3v) is 3.91. The maximum atomic E-state index is 13.0. The van der Waals surface area contributed by atoms with Crippen molar-refractivity contribution in [3.63, 3.8) is 0 Å². The second-order valence-corrected chi connectivity index (χ2v) is 6.01. The van der Waals surface area contributed by atoms with Crippen LogP contribution in [-0.4, -0.2) is 6.03 Å². The number of benzene rings is 2. The lowest BCUT2D eigenvalue weighted by molar-refractivity contribution is -0.136. The highest BCUT2D eigenvalue weighted by molar-refractivity contribution is 6.01. The Morgan fingerprint density at radius 3 is 2.32 bits per heavy atom. The van der Waals surface area contributed by atoms with E-state index in [1.165, 1.54) is 18.2 Å². The summed E-state index contributed by atoms with van der Waals surface area (Å²) in [6.07, 6.45) is -3.83. The van der Waals surface area contributed by atoms with E-state index in [-0.39, 0.29) is 11.6 Å². The largest absolute Gasteiger partial charge is 0.418 e. The van der Waals surface area contributed by atoms with Crippen LogP contribution in [0.1, 0.15) is 43.4 Å². The molecule has 0 saturated heterocycles. The van der Waals surface area contributed by atoms with Gasteiger partial charge in [0.1, 0.15) is 0 Å². The van der Waals surface area contributed by atoms with E-state index in [4.69, 9.17) is 0 Å². The Hall–Kier alpha value is -2.50. The molecular formula is C19H21F3N2O. The molecule has 25 heavy (non-hydrogen) atoms. The van der Waals surface area contributed by atoms with Crippen molar-refractivity contribution in [1.29, 1.82) is 0 Å². The van der Waals surface area contributed by atoms with Gasteiger partial charge in [0.25, 0.3) is 0 Å². The molecule has 0 bridgehead atoms. The van der Waals surface area contributed by atoms with Gasteiger partial charge in [-0.25, -0.2) is 4.79 Å². The second kappa shape index (κ2) is 7.59. The molecule has 2 N–H and O–H groups in total. The summed E-state index contributed by atoms with van der Waals surface area (Å²) in [6.45, 7) is 5.95. The van der Waals surface area contributed by atoms with Gasteiger partial charge in [-0.15, -0.1) is 0 Å². The van der Waals surface area contributed by atoms with Crippen LogP contribution in [0.25, 0.3) is 0 Å². The number of halogens is 3. The highest BCUT2D eigenvalue weighted by Crippen LogP contribution is 2.35. The molecule has 0 unspecified atom stereocenters. The van der Waals surface area contributed by atoms with Crippen molar-refractivity contribution in [1.82, 2.24) is 0 Å². The van der Waals surface area contributed by atoms with Crippen LogP contribution in [0.2, 0.25) is 0 Å². The van der Waals surface area contributed by atoms with Crippen LogP contribution in [0.5, 0.6) is 0 Å². The molecule has 3 nitrogen and oxygen atoms in total. The first-order valence-corrected chi connectivity index (χ1v) is 8.10. The van der Waals surface area contributed by atoms with Gasteiger partial charge in [-0.3, -0.25) is 0 Å². The zero-order chi connectivity index (χ0) is 18.6. The predicted molar refractivity (Wildman–Crippen MR) is 94.0 cm³/mol. The van der Waals surface area contributed by atoms with Crippen molar-refractivity contribution in [2.24, 2.45) is 0 Å². The molecule has 0 atom stereocenters. The number of carbonyl (C=O) groups excluding carboxylic acids is 1. The number of alkyl halides is 3. The number of nitrogens with one attached hydrogen (secondary N) is 2. The minimum atomic E-state index is -4.53. The van der Waals surface area contributed by atoms with Crippen molar-refractivity contribution in [3.05, 3.63) is 59.2 Å². The first-order valence-electron chi connectivity index (χ1n) is 8.10. The van der Waals surface area contributed by atoms with Crippen LogP contribution in [0.3, 0.4) is 0 Å². The smallest absolute Gasteiger partial charge is 0.307 e. The molecule has 0 aliphatic carbocycles. The Kier molecular flexibility index (Phi) is 5.72. The molecule has 0 fully saturated rings. The second-order valence-electron chi connectivity index (χ2n) is 6.01. The number of hydrogen-bond acceptors (Lipinski definition) is 1. The molecule has 0 heterocycles. The molecule has 2 amide bonds. The fourth-order valence-electron chi connectivity index (χ4n) is 2.65. The Morgan fingerprint density at radius 2 is 1.72 bits per heavy atom. The topological polar surface area (TPSA) is 41.1 Å². The molecule has 2 aromatic rings. The highest BCUT2D eigenvalue weighted by Gasteiger charge is 2.33. The van der Waals surface area contributed by atoms with E-state index in [9.17, 15) is 18.0 Å². The van der Waals surface area contributed by atoms with E-state index in [2.05, 4.69) is 10.6 Å². The standard InChI is InChI=1S/C19H21F3N2O/c1-4-13-8-7-9-14(12(2)3)17(13)24-18(25)23-16-11-6-5-10-15(16)19(20,21)22/h5-12H,4H2,1-3H3,(H2,23,24,25). The maximum Gasteiger partial charge on any atom is 0.418 e. The van der Waals surface area contributed by atoms with Gasteiger partial charge in [0, 0.05) is 5.69 Å². The van der Waals surface area contributed by atoms with Gasteiger partial charge in [0.05, 0.1) is 11.3 Å². The van der Waals surface area contributed by atoms with Crippen molar-refractivity contribution >= 4 is 17.4 Å². The minimum Gasteiger partial charge on any atom is -0.307 e. The quantitative estimate of drug-likeness (QED) is 0.694. The minimum absolute atomic E-state index is 0.171. The molecule has 0 spiro atoms. The van der Waals surface area contributed by atoms with Crippen molar-refractivity contribution in [3.8, 4) is 0 Å². The van der Waals surface area contributed by atoms with E-state index < -0.39 is 17.8 Å². The summed E-state index contributed by atoms with van der Waals surface area (Å²) in [7, 11) is 0.